The molecular weight excluding hydrogens is 726 g/mol. The summed E-state index contributed by atoms with van der Waals surface area (Å²) in [5, 5.41) is 35.4. The van der Waals surface area contributed by atoms with Crippen LogP contribution in [0.4, 0.5) is 17.1 Å². The first-order valence-electron chi connectivity index (χ1n) is 18.1. The number of fused-ring (bicyclic) bond motifs is 9. The summed E-state index contributed by atoms with van der Waals surface area (Å²) in [7, 11) is 0. The van der Waals surface area contributed by atoms with E-state index in [0.717, 1.165) is 42.2 Å². The molecule has 2 aliphatic heterocycles. The fourth-order valence-electron chi connectivity index (χ4n) is 8.66. The maximum atomic E-state index is 13.6. The summed E-state index contributed by atoms with van der Waals surface area (Å²) in [5.41, 5.74) is -0.138. The zero-order valence-electron chi connectivity index (χ0n) is 29.7. The lowest BCUT2D eigenvalue weighted by atomic mass is 9.83. The number of nitro benzene ring substituents is 3. The van der Waals surface area contributed by atoms with Gasteiger partial charge < -0.3 is 14.2 Å². The van der Waals surface area contributed by atoms with Crippen molar-refractivity contribution in [2.24, 2.45) is 15.4 Å². The van der Waals surface area contributed by atoms with Gasteiger partial charge in [-0.2, -0.15) is 0 Å². The van der Waals surface area contributed by atoms with Gasteiger partial charge >= 0.3 is 5.97 Å². The van der Waals surface area contributed by atoms with Gasteiger partial charge in [0.15, 0.2) is 17.6 Å². The smallest absolute Gasteiger partial charge is 0.339 e. The minimum Gasteiger partial charge on any atom is -0.474 e. The molecule has 3 aliphatic carbocycles. The Morgan fingerprint density at radius 2 is 1.30 bits per heavy atom. The SMILES string of the molecule is CC(CCCCOC(=O)c1cc([N+](=O)[O-])cc2c1-c1c(cc([N+](=O)[O-])cc1[N+](=O)[O-])C2=O)(C1=N[C@@H]2c3ccccc3C[C@@H]2O1)C1=N[C@@H]2c3ccccc3C[C@@H]2O1. The van der Waals surface area contributed by atoms with E-state index >= 15 is 0 Å². The molecule has 4 aromatic carbocycles. The number of rotatable bonds is 11. The van der Waals surface area contributed by atoms with Crippen LogP contribution in [0.1, 0.15) is 86.8 Å². The molecule has 0 N–H and O–H groups in total. The number of benzene rings is 4. The van der Waals surface area contributed by atoms with Crippen molar-refractivity contribution in [1.29, 1.82) is 0 Å². The predicted octanol–water partition coefficient (Wildman–Crippen LogP) is 7.15. The second-order valence-corrected chi connectivity index (χ2v) is 14.7. The normalized spacial score (nSPS) is 20.7. The lowest BCUT2D eigenvalue weighted by Crippen LogP contribution is -2.39. The Hall–Kier alpha value is -6.84. The molecule has 56 heavy (non-hydrogen) atoms. The minimum atomic E-state index is -1.05. The predicted molar refractivity (Wildman–Crippen MR) is 198 cm³/mol. The number of unbranched alkanes of at least 4 members (excludes halogenated alkanes) is 1. The zero-order chi connectivity index (χ0) is 39.0. The van der Waals surface area contributed by atoms with Gasteiger partial charge in [-0.05, 0) is 48.4 Å². The first kappa shape index (κ1) is 34.9. The molecule has 9 rings (SSSR count). The van der Waals surface area contributed by atoms with Crippen LogP contribution in [-0.2, 0) is 27.1 Å². The van der Waals surface area contributed by atoms with Gasteiger partial charge in [0.25, 0.3) is 17.1 Å². The number of ketones is 1. The number of ether oxygens (including phenoxy) is 3. The standard InChI is InChI=1S/C40H31N5O11/c1-40(38-41-34-24-10-4-2-8-20(24)14-30(34)55-38,39-42-35-25-11-5-3-9-21(25)15-31(35)56-39)12-6-7-13-54-37(47)28-18-22(43(48)49)16-26-32(28)33-27(36(26)46)17-23(44(50)51)19-29(33)45(52)53/h2-5,8-11,16-19,30-31,34-35H,6-7,12-15H2,1H3/t30-,31-,34+,35+/m0/s1. The fourth-order valence-corrected chi connectivity index (χ4v) is 8.66. The molecular formula is C40H31N5O11. The van der Waals surface area contributed by atoms with Gasteiger partial charge in [0.1, 0.15) is 29.7 Å². The maximum absolute atomic E-state index is 13.6. The molecule has 2 heterocycles. The van der Waals surface area contributed by atoms with E-state index in [1.165, 1.54) is 11.1 Å². The molecule has 0 bridgehead atoms. The third kappa shape index (κ3) is 5.42. The first-order chi connectivity index (χ1) is 26.9. The lowest BCUT2D eigenvalue weighted by Gasteiger charge is -2.29. The molecule has 4 atom stereocenters. The van der Waals surface area contributed by atoms with Crippen LogP contribution >= 0.6 is 0 Å². The van der Waals surface area contributed by atoms with E-state index in [-0.39, 0.29) is 47.6 Å². The van der Waals surface area contributed by atoms with Gasteiger partial charge in [-0.3, -0.25) is 35.1 Å². The number of nitro groups is 3. The average Bonchev–Trinajstić information content (AvgIpc) is 3.99. The van der Waals surface area contributed by atoms with Gasteiger partial charge in [-0.25, -0.2) is 14.8 Å². The number of aliphatic imine (C=N–C) groups is 2. The number of esters is 1. The van der Waals surface area contributed by atoms with E-state index in [4.69, 9.17) is 24.2 Å². The minimum absolute atomic E-state index is 0.145. The van der Waals surface area contributed by atoms with Crippen molar-refractivity contribution in [3.8, 4) is 11.1 Å². The summed E-state index contributed by atoms with van der Waals surface area (Å²) in [5.74, 6) is -0.911. The topological polar surface area (TPSA) is 216 Å². The second-order valence-electron chi connectivity index (χ2n) is 14.7. The van der Waals surface area contributed by atoms with Crippen LogP contribution in [0.25, 0.3) is 11.1 Å². The van der Waals surface area contributed by atoms with Crippen molar-refractivity contribution in [1.82, 2.24) is 0 Å². The molecule has 0 aromatic heterocycles. The molecule has 16 nitrogen and oxygen atoms in total. The zero-order valence-corrected chi connectivity index (χ0v) is 29.7. The number of hydrogen-bond acceptors (Lipinski definition) is 13. The van der Waals surface area contributed by atoms with Gasteiger partial charge in [-0.1, -0.05) is 48.5 Å². The summed E-state index contributed by atoms with van der Waals surface area (Å²) in [6, 6.07) is 19.3. The van der Waals surface area contributed by atoms with Crippen LogP contribution in [0.3, 0.4) is 0 Å². The molecule has 5 aliphatic rings. The molecule has 0 spiro atoms. The summed E-state index contributed by atoms with van der Waals surface area (Å²) < 4.78 is 18.8. The number of carbonyl (C=O) groups excluding carboxylic acids is 2. The molecule has 16 heteroatoms. The largest absolute Gasteiger partial charge is 0.474 e. The van der Waals surface area contributed by atoms with E-state index in [1.54, 1.807) is 0 Å². The molecule has 0 radical (unpaired) electrons. The van der Waals surface area contributed by atoms with Crippen LogP contribution in [0.15, 0.2) is 82.8 Å². The van der Waals surface area contributed by atoms with Crippen molar-refractivity contribution in [3.05, 3.63) is 142 Å². The van der Waals surface area contributed by atoms with E-state index in [9.17, 15) is 39.9 Å². The van der Waals surface area contributed by atoms with E-state index in [1.807, 2.05) is 31.2 Å². The van der Waals surface area contributed by atoms with E-state index in [0.29, 0.717) is 37.1 Å². The van der Waals surface area contributed by atoms with Crippen molar-refractivity contribution < 1.29 is 38.6 Å². The highest BCUT2D eigenvalue weighted by Crippen LogP contribution is 2.50. The Morgan fingerprint density at radius 3 is 1.86 bits per heavy atom. The highest BCUT2D eigenvalue weighted by molar-refractivity contribution is 6.26. The number of hydrogen-bond donors (Lipinski definition) is 0. The highest BCUT2D eigenvalue weighted by Gasteiger charge is 2.52. The molecule has 0 fully saturated rings. The second kappa shape index (κ2) is 12.9. The summed E-state index contributed by atoms with van der Waals surface area (Å²) in [6.45, 7) is 1.85. The van der Waals surface area contributed by atoms with E-state index < -0.39 is 60.1 Å². The Morgan fingerprint density at radius 1 is 0.768 bits per heavy atom. The Balaban J connectivity index is 0.967. The summed E-state index contributed by atoms with van der Waals surface area (Å²) in [4.78, 5) is 70.1. The van der Waals surface area contributed by atoms with Crippen molar-refractivity contribution >= 4 is 40.6 Å². The molecule has 0 saturated carbocycles. The van der Waals surface area contributed by atoms with Gasteiger partial charge in [0, 0.05) is 47.7 Å². The third-order valence-corrected chi connectivity index (χ3v) is 11.4. The molecule has 0 saturated heterocycles. The fraction of sp³-hybridized carbons (Fsp3) is 0.300. The summed E-state index contributed by atoms with van der Waals surface area (Å²) in [6.07, 6.45) is 2.42. The summed E-state index contributed by atoms with van der Waals surface area (Å²) >= 11 is 0. The molecule has 282 valence electrons. The van der Waals surface area contributed by atoms with Crippen LogP contribution in [0.5, 0.6) is 0 Å². The average molecular weight is 758 g/mol. The lowest BCUT2D eigenvalue weighted by molar-refractivity contribution is -0.393. The van der Waals surface area contributed by atoms with E-state index in [2.05, 4.69) is 24.3 Å². The van der Waals surface area contributed by atoms with Gasteiger partial charge in [-0.15, -0.1) is 0 Å². The molecule has 4 aromatic rings. The number of carbonyl (C=O) groups is 2. The third-order valence-electron chi connectivity index (χ3n) is 11.4. The van der Waals surface area contributed by atoms with Crippen LogP contribution in [0.2, 0.25) is 0 Å². The van der Waals surface area contributed by atoms with Crippen LogP contribution < -0.4 is 0 Å². The molecule has 0 unspecified atom stereocenters. The Bertz CT molecular complexity index is 2430. The highest BCUT2D eigenvalue weighted by atomic mass is 16.6. The van der Waals surface area contributed by atoms with Crippen LogP contribution in [0, 0.1) is 35.8 Å². The monoisotopic (exact) mass is 757 g/mol. The first-order valence-corrected chi connectivity index (χ1v) is 18.1. The quantitative estimate of drug-likeness (QED) is 0.0570. The number of non-ortho nitro benzene ring substituents is 2. The van der Waals surface area contributed by atoms with Gasteiger partial charge in [0.05, 0.1) is 38.6 Å². The Kier molecular flexibility index (Phi) is 8.03. The maximum Gasteiger partial charge on any atom is 0.339 e. The number of nitrogens with zero attached hydrogens (tertiary/aromatic N) is 5. The van der Waals surface area contributed by atoms with Crippen molar-refractivity contribution in [2.75, 3.05) is 6.61 Å². The van der Waals surface area contributed by atoms with Crippen LogP contribution in [-0.4, -0.2) is 57.1 Å². The Labute approximate surface area is 317 Å². The van der Waals surface area contributed by atoms with Gasteiger partial charge in [0.2, 0.25) is 0 Å². The van der Waals surface area contributed by atoms with Crippen molar-refractivity contribution in [2.45, 2.75) is 63.3 Å². The van der Waals surface area contributed by atoms with Crippen molar-refractivity contribution in [3.63, 3.8) is 0 Å². The molecule has 0 amide bonds.